The lowest BCUT2D eigenvalue weighted by Crippen LogP contribution is -2.17. The zero-order valence-corrected chi connectivity index (χ0v) is 28.1. The molecular weight excluding hydrogens is 589 g/mol. The number of allylic oxidation sites excluding steroid dienone is 3. The van der Waals surface area contributed by atoms with Gasteiger partial charge in [-0.15, -0.1) is 0 Å². The number of rotatable bonds is 5. The molecule has 0 N–H and O–H groups in total. The van der Waals surface area contributed by atoms with Gasteiger partial charge in [-0.1, -0.05) is 91.3 Å². The topological polar surface area (TPSA) is 26.3 Å². The first-order valence-electron chi connectivity index (χ1n) is 16.8. The Hall–Kier alpha value is -4.99. The molecule has 6 aromatic rings. The van der Waals surface area contributed by atoms with Crippen molar-refractivity contribution in [1.82, 2.24) is 0 Å². The fourth-order valence-electron chi connectivity index (χ4n) is 7.96. The van der Waals surface area contributed by atoms with E-state index >= 15 is 0 Å². The molecule has 0 radical (unpaired) electrons. The molecule has 47 heavy (non-hydrogen) atoms. The van der Waals surface area contributed by atoms with Crippen LogP contribution in [-0.2, 0) is 0 Å². The van der Waals surface area contributed by atoms with Crippen LogP contribution in [0.4, 0.5) is 0 Å². The van der Waals surface area contributed by atoms with Crippen molar-refractivity contribution in [2.45, 2.75) is 45.2 Å². The Morgan fingerprint density at radius 1 is 0.596 bits per heavy atom. The molecule has 1 saturated heterocycles. The quantitative estimate of drug-likeness (QED) is 0.178. The van der Waals surface area contributed by atoms with E-state index in [9.17, 15) is 0 Å². The molecule has 0 spiro atoms. The fraction of sp³-hybridized carbons (Fsp3) is 0.159. The van der Waals surface area contributed by atoms with Gasteiger partial charge in [0.15, 0.2) is 0 Å². The highest BCUT2D eigenvalue weighted by Crippen LogP contribution is 2.56. The second-order valence-electron chi connectivity index (χ2n) is 13.2. The summed E-state index contributed by atoms with van der Waals surface area (Å²) in [5.41, 5.74) is 14.2. The van der Waals surface area contributed by atoms with E-state index in [0.29, 0.717) is 0 Å². The predicted octanol–water partition coefficient (Wildman–Crippen LogP) is 10.9. The highest BCUT2D eigenvalue weighted by molar-refractivity contribution is 6.54. The third kappa shape index (κ3) is 4.56. The van der Waals surface area contributed by atoms with Gasteiger partial charge in [0.2, 0.25) is 0 Å². The summed E-state index contributed by atoms with van der Waals surface area (Å²) in [6.45, 7) is 6.31. The van der Waals surface area contributed by atoms with E-state index in [1.807, 2.05) is 13.8 Å². The summed E-state index contributed by atoms with van der Waals surface area (Å²) in [4.78, 5) is 1.57. The summed E-state index contributed by atoms with van der Waals surface area (Å²) < 4.78 is 12.9. The first-order chi connectivity index (χ1) is 23.0. The second-order valence-corrected chi connectivity index (χ2v) is 16.0. The average Bonchev–Trinajstić information content (AvgIpc) is 3.85. The number of benzene rings is 4. The lowest BCUT2D eigenvalue weighted by Gasteiger charge is -2.25. The molecule has 2 aliphatic carbocycles. The van der Waals surface area contributed by atoms with E-state index in [4.69, 9.17) is 8.83 Å². The third-order valence-corrected chi connectivity index (χ3v) is 13.4. The molecule has 4 aromatic carbocycles. The van der Waals surface area contributed by atoms with Gasteiger partial charge in [-0.25, -0.2) is 0 Å². The monoisotopic (exact) mass is 624 g/mol. The van der Waals surface area contributed by atoms with Crippen LogP contribution in [0.25, 0.3) is 51.1 Å². The molecule has 0 bridgehead atoms. The van der Waals surface area contributed by atoms with Crippen molar-refractivity contribution in [2.75, 3.05) is 0 Å². The van der Waals surface area contributed by atoms with Gasteiger partial charge in [-0.05, 0) is 129 Å². The smallest absolute Gasteiger partial charge is 0.134 e. The summed E-state index contributed by atoms with van der Waals surface area (Å²) in [5, 5.41) is 1.27. The first-order valence-corrected chi connectivity index (χ1v) is 18.7. The van der Waals surface area contributed by atoms with Gasteiger partial charge in [-0.3, -0.25) is 0 Å². The van der Waals surface area contributed by atoms with Crippen molar-refractivity contribution in [2.24, 2.45) is 0 Å². The maximum atomic E-state index is 6.48. The summed E-state index contributed by atoms with van der Waals surface area (Å²) >= 11 is 0. The van der Waals surface area contributed by atoms with Crippen LogP contribution in [0, 0.1) is 25.6 Å². The van der Waals surface area contributed by atoms with Gasteiger partial charge in [0.05, 0.1) is 0 Å². The minimum atomic E-state index is -0.609. The van der Waals surface area contributed by atoms with Gasteiger partial charge in [0, 0.05) is 25.5 Å². The van der Waals surface area contributed by atoms with Crippen LogP contribution in [0.2, 0.25) is 12.1 Å². The van der Waals surface area contributed by atoms with Crippen LogP contribution in [0.3, 0.4) is 0 Å². The molecular formula is C44H36O2Si. The van der Waals surface area contributed by atoms with E-state index in [-0.39, 0.29) is 5.92 Å². The minimum Gasteiger partial charge on any atom is -0.462 e. The normalized spacial score (nSPS) is 16.5. The summed E-state index contributed by atoms with van der Waals surface area (Å²) in [5.74, 6) is 3.66. The predicted molar refractivity (Wildman–Crippen MR) is 196 cm³/mol. The summed E-state index contributed by atoms with van der Waals surface area (Å²) in [7, 11) is -0.609. The van der Waals surface area contributed by atoms with Crippen molar-refractivity contribution in [3.63, 3.8) is 0 Å². The molecule has 1 atom stereocenters. The van der Waals surface area contributed by atoms with Crippen molar-refractivity contribution in [1.29, 1.82) is 0 Å². The fourth-order valence-corrected chi connectivity index (χ4v) is 10.2. The molecule has 1 unspecified atom stereocenters. The maximum absolute atomic E-state index is 6.48. The zero-order chi connectivity index (χ0) is 31.6. The highest BCUT2D eigenvalue weighted by atomic mass is 28.2. The van der Waals surface area contributed by atoms with Crippen LogP contribution in [0.1, 0.15) is 57.6 Å². The Morgan fingerprint density at radius 2 is 1.26 bits per heavy atom. The van der Waals surface area contributed by atoms with Crippen molar-refractivity contribution >= 4 is 37.3 Å². The number of hydrogen-bond acceptors (Lipinski definition) is 2. The molecule has 3 aliphatic rings. The van der Waals surface area contributed by atoms with Crippen molar-refractivity contribution in [3.8, 4) is 22.3 Å². The number of furan rings is 2. The van der Waals surface area contributed by atoms with Crippen LogP contribution in [0.15, 0.2) is 118 Å². The van der Waals surface area contributed by atoms with Crippen LogP contribution < -0.4 is 5.22 Å². The molecule has 1 fully saturated rings. The van der Waals surface area contributed by atoms with E-state index in [2.05, 4.69) is 128 Å². The van der Waals surface area contributed by atoms with Crippen LogP contribution in [-0.4, -0.2) is 8.41 Å². The molecule has 9 rings (SSSR count). The highest BCUT2D eigenvalue weighted by Gasteiger charge is 2.38. The summed E-state index contributed by atoms with van der Waals surface area (Å²) in [6.07, 6.45) is 6.13. The zero-order valence-electron chi connectivity index (χ0n) is 27.1. The van der Waals surface area contributed by atoms with Gasteiger partial charge in [-0.2, -0.15) is 0 Å². The number of hydrogen-bond donors (Lipinski definition) is 0. The molecule has 1 aliphatic heterocycles. The van der Waals surface area contributed by atoms with Gasteiger partial charge < -0.3 is 8.83 Å². The van der Waals surface area contributed by atoms with Crippen molar-refractivity contribution in [3.05, 3.63) is 165 Å². The third-order valence-electron chi connectivity index (χ3n) is 10.3. The number of aryl methyl sites for hydroxylation is 3. The van der Waals surface area contributed by atoms with E-state index in [0.717, 1.165) is 23.0 Å². The molecule has 3 heterocycles. The Kier molecular flexibility index (Phi) is 6.65. The first kappa shape index (κ1) is 28.2. The Morgan fingerprint density at radius 3 is 1.87 bits per heavy atom. The van der Waals surface area contributed by atoms with E-state index < -0.39 is 8.41 Å². The van der Waals surface area contributed by atoms with Crippen LogP contribution in [0.5, 0.6) is 0 Å². The van der Waals surface area contributed by atoms with Crippen molar-refractivity contribution < 1.29 is 8.83 Å². The maximum Gasteiger partial charge on any atom is 0.134 e. The second kappa shape index (κ2) is 11.1. The van der Waals surface area contributed by atoms with Crippen LogP contribution >= 0.6 is 0 Å². The van der Waals surface area contributed by atoms with Gasteiger partial charge in [0.25, 0.3) is 0 Å². The number of fused-ring (bicyclic) bond motifs is 2. The molecule has 0 saturated carbocycles. The molecule has 2 aromatic heterocycles. The molecule has 0 amide bonds. The minimum absolute atomic E-state index is 0.0344. The standard InChI is InChI=1S/C44H36O2Si/c1-27-15-19-33-34(40(27)30-11-6-4-7-12-30)26-36(38-21-17-29(3)46-38)43(33)44-35(37-20-16-28(2)45-37)25-32-18-22-39(47-23-10-24-47)41(42(32)44)31-13-8-5-9-14-31/h4-9,11-22,25-26,43H,10,23-24H2,1-3H3. The summed E-state index contributed by atoms with van der Waals surface area (Å²) in [6, 6.07) is 42.6. The Bertz CT molecular complexity index is 2390. The van der Waals surface area contributed by atoms with E-state index in [1.54, 1.807) is 4.81 Å². The molecule has 3 heteroatoms. The average molecular weight is 625 g/mol. The lowest BCUT2D eigenvalue weighted by molar-refractivity contribution is 0.519. The Balaban J connectivity index is 1.40. The van der Waals surface area contributed by atoms with Gasteiger partial charge in [0.1, 0.15) is 23.0 Å². The molecule has 2 nitrogen and oxygen atoms in total. The Labute approximate surface area is 277 Å². The SMILES string of the molecule is Cc1ccc(C2=Cc3c(ccc(C)c3-c3ccccc3)C2C2=C(c3ccc(C)o3)C=c3ccc(=[Si]4CCC4)c(-c4ccccc4)c32)o1. The van der Waals surface area contributed by atoms with E-state index in [1.165, 1.54) is 85.0 Å². The largest absolute Gasteiger partial charge is 0.462 e. The van der Waals surface area contributed by atoms with Gasteiger partial charge >= 0.3 is 0 Å². The lowest BCUT2D eigenvalue weighted by atomic mass is 9.79. The molecule has 228 valence electrons.